The van der Waals surface area contributed by atoms with Gasteiger partial charge in [0.25, 0.3) is 0 Å². The monoisotopic (exact) mass is 287 g/mol. The van der Waals surface area contributed by atoms with Gasteiger partial charge in [0.1, 0.15) is 0 Å². The third-order valence-electron chi connectivity index (χ3n) is 2.10. The number of nitrogens with one attached hydrogen (secondary N) is 1. The second kappa shape index (κ2) is 6.46. The van der Waals surface area contributed by atoms with Gasteiger partial charge in [-0.3, -0.25) is 0 Å². The van der Waals surface area contributed by atoms with Crippen LogP contribution in [0.1, 0.15) is 30.0 Å². The van der Waals surface area contributed by atoms with Gasteiger partial charge >= 0.3 is 0 Å². The number of aryl methyl sites for hydroxylation is 1. The minimum Gasteiger partial charge on any atom is -0.313 e. The van der Waals surface area contributed by atoms with E-state index in [2.05, 4.69) is 54.2 Å². The average molecular weight is 288 g/mol. The molecule has 0 saturated heterocycles. The fourth-order valence-corrected chi connectivity index (χ4v) is 2.90. The van der Waals surface area contributed by atoms with E-state index in [1.54, 1.807) is 0 Å². The first-order chi connectivity index (χ1) is 7.13. The molecule has 0 radical (unpaired) electrons. The number of halogens is 1. The highest BCUT2D eigenvalue weighted by Gasteiger charge is 2.00. The predicted molar refractivity (Wildman–Crippen MR) is 73.6 cm³/mol. The van der Waals surface area contributed by atoms with E-state index in [9.17, 15) is 0 Å². The van der Waals surface area contributed by atoms with Gasteiger partial charge in [-0.2, -0.15) is 0 Å². The SMILES string of the molecule is CCCNCC(C)=Cc1cc(Br)c(C)s1. The highest BCUT2D eigenvalue weighted by Crippen LogP contribution is 2.27. The van der Waals surface area contributed by atoms with Crippen LogP contribution < -0.4 is 5.32 Å². The van der Waals surface area contributed by atoms with Crippen molar-refractivity contribution in [2.45, 2.75) is 27.2 Å². The molecule has 1 aromatic heterocycles. The van der Waals surface area contributed by atoms with E-state index in [-0.39, 0.29) is 0 Å². The molecule has 0 bridgehead atoms. The Morgan fingerprint density at radius 2 is 2.33 bits per heavy atom. The second-order valence-electron chi connectivity index (χ2n) is 3.72. The van der Waals surface area contributed by atoms with Crippen molar-refractivity contribution < 1.29 is 0 Å². The van der Waals surface area contributed by atoms with Crippen molar-refractivity contribution in [2.24, 2.45) is 0 Å². The van der Waals surface area contributed by atoms with Crippen LogP contribution in [0.2, 0.25) is 0 Å². The third-order valence-corrected chi connectivity index (χ3v) is 4.18. The smallest absolute Gasteiger partial charge is 0.0317 e. The third kappa shape index (κ3) is 4.49. The molecule has 0 spiro atoms. The Morgan fingerprint density at radius 3 is 2.87 bits per heavy atom. The second-order valence-corrected chi connectivity index (χ2v) is 5.86. The van der Waals surface area contributed by atoms with Crippen LogP contribution in [0.3, 0.4) is 0 Å². The normalized spacial score (nSPS) is 12.1. The van der Waals surface area contributed by atoms with E-state index in [0.717, 1.165) is 13.1 Å². The zero-order valence-electron chi connectivity index (χ0n) is 9.56. The molecular weight excluding hydrogens is 270 g/mol. The summed E-state index contributed by atoms with van der Waals surface area (Å²) in [4.78, 5) is 2.67. The Balaban J connectivity index is 2.54. The van der Waals surface area contributed by atoms with Gasteiger partial charge < -0.3 is 5.32 Å². The molecule has 1 nitrogen and oxygen atoms in total. The van der Waals surface area contributed by atoms with Crippen molar-refractivity contribution in [2.75, 3.05) is 13.1 Å². The van der Waals surface area contributed by atoms with Crippen molar-refractivity contribution in [3.8, 4) is 0 Å². The van der Waals surface area contributed by atoms with Gasteiger partial charge in [-0.15, -0.1) is 11.3 Å². The lowest BCUT2D eigenvalue weighted by Crippen LogP contribution is -2.16. The quantitative estimate of drug-likeness (QED) is 0.800. The largest absolute Gasteiger partial charge is 0.313 e. The Hall–Kier alpha value is -0.120. The Morgan fingerprint density at radius 1 is 1.60 bits per heavy atom. The molecule has 0 aliphatic rings. The molecule has 1 aromatic rings. The molecule has 1 N–H and O–H groups in total. The van der Waals surface area contributed by atoms with Crippen molar-refractivity contribution in [1.82, 2.24) is 5.32 Å². The molecule has 0 saturated carbocycles. The van der Waals surface area contributed by atoms with Crippen LogP contribution in [-0.2, 0) is 0 Å². The lowest BCUT2D eigenvalue weighted by molar-refractivity contribution is 0.715. The highest BCUT2D eigenvalue weighted by atomic mass is 79.9. The van der Waals surface area contributed by atoms with Crippen LogP contribution in [0.15, 0.2) is 16.1 Å². The van der Waals surface area contributed by atoms with Crippen LogP contribution in [0, 0.1) is 6.92 Å². The lowest BCUT2D eigenvalue weighted by atomic mass is 10.2. The minimum absolute atomic E-state index is 0.988. The highest BCUT2D eigenvalue weighted by molar-refractivity contribution is 9.10. The molecule has 0 atom stereocenters. The molecule has 84 valence electrons. The van der Waals surface area contributed by atoms with Crippen molar-refractivity contribution >= 4 is 33.3 Å². The van der Waals surface area contributed by atoms with Crippen LogP contribution in [0.4, 0.5) is 0 Å². The topological polar surface area (TPSA) is 12.0 Å². The van der Waals surface area contributed by atoms with Gasteiger partial charge in [0.2, 0.25) is 0 Å². The van der Waals surface area contributed by atoms with Gasteiger partial charge in [-0.25, -0.2) is 0 Å². The summed E-state index contributed by atoms with van der Waals surface area (Å²) < 4.78 is 1.22. The van der Waals surface area contributed by atoms with Gasteiger partial charge in [0.15, 0.2) is 0 Å². The first-order valence-electron chi connectivity index (χ1n) is 5.27. The first-order valence-corrected chi connectivity index (χ1v) is 6.88. The van der Waals surface area contributed by atoms with Gasteiger partial charge in [0.05, 0.1) is 0 Å². The molecule has 0 unspecified atom stereocenters. The molecule has 0 fully saturated rings. The van der Waals surface area contributed by atoms with Gasteiger partial charge in [-0.1, -0.05) is 12.5 Å². The summed E-state index contributed by atoms with van der Waals surface area (Å²) in [5.41, 5.74) is 1.39. The van der Waals surface area contributed by atoms with Crippen molar-refractivity contribution in [3.63, 3.8) is 0 Å². The summed E-state index contributed by atoms with van der Waals surface area (Å²) in [5.74, 6) is 0. The summed E-state index contributed by atoms with van der Waals surface area (Å²) in [6.07, 6.45) is 3.45. The zero-order chi connectivity index (χ0) is 11.3. The molecule has 3 heteroatoms. The van der Waals surface area contributed by atoms with Gasteiger partial charge in [0, 0.05) is 20.8 Å². The predicted octanol–water partition coefficient (Wildman–Crippen LogP) is 4.22. The summed E-state index contributed by atoms with van der Waals surface area (Å²) >= 11 is 5.37. The van der Waals surface area contributed by atoms with E-state index in [1.165, 1.54) is 26.2 Å². The molecule has 0 aliphatic heterocycles. The maximum atomic E-state index is 3.54. The number of hydrogen-bond acceptors (Lipinski definition) is 2. The number of rotatable bonds is 5. The van der Waals surface area contributed by atoms with Crippen LogP contribution in [0.25, 0.3) is 6.08 Å². The zero-order valence-corrected chi connectivity index (χ0v) is 12.0. The van der Waals surface area contributed by atoms with Gasteiger partial charge in [-0.05, 0) is 54.9 Å². The summed E-state index contributed by atoms with van der Waals surface area (Å²) in [6.45, 7) is 8.58. The molecule has 0 aromatic carbocycles. The van der Waals surface area contributed by atoms with Crippen molar-refractivity contribution in [3.05, 3.63) is 25.9 Å². The molecule has 1 rings (SSSR count). The summed E-state index contributed by atoms with van der Waals surface area (Å²) in [7, 11) is 0. The Kier molecular flexibility index (Phi) is 5.58. The van der Waals surface area contributed by atoms with E-state index in [4.69, 9.17) is 0 Å². The van der Waals surface area contributed by atoms with Crippen molar-refractivity contribution in [1.29, 1.82) is 0 Å². The molecular formula is C12H18BrNS. The van der Waals surface area contributed by atoms with Crippen LogP contribution in [0.5, 0.6) is 0 Å². The van der Waals surface area contributed by atoms with Crippen LogP contribution >= 0.6 is 27.3 Å². The van der Waals surface area contributed by atoms with E-state index in [0.29, 0.717) is 0 Å². The Labute approximate surface area is 105 Å². The molecule has 15 heavy (non-hydrogen) atoms. The fraction of sp³-hybridized carbons (Fsp3) is 0.500. The minimum atomic E-state index is 0.988. The maximum Gasteiger partial charge on any atom is 0.0317 e. The standard InChI is InChI=1S/C12H18BrNS/c1-4-5-14-8-9(2)6-11-7-12(13)10(3)15-11/h6-7,14H,4-5,8H2,1-3H3. The Bertz CT molecular complexity index is 322. The summed E-state index contributed by atoms with van der Waals surface area (Å²) in [6, 6.07) is 2.18. The molecule has 1 heterocycles. The van der Waals surface area contributed by atoms with E-state index < -0.39 is 0 Å². The molecule has 0 aliphatic carbocycles. The van der Waals surface area contributed by atoms with E-state index >= 15 is 0 Å². The first kappa shape index (κ1) is 12.9. The fourth-order valence-electron chi connectivity index (χ4n) is 1.31. The summed E-state index contributed by atoms with van der Waals surface area (Å²) in [5, 5.41) is 3.40. The number of thiophene rings is 1. The maximum absolute atomic E-state index is 3.54. The van der Waals surface area contributed by atoms with Crippen LogP contribution in [-0.4, -0.2) is 13.1 Å². The van der Waals surface area contributed by atoms with E-state index in [1.807, 2.05) is 11.3 Å². The number of hydrogen-bond donors (Lipinski definition) is 1. The molecule has 0 amide bonds. The average Bonchev–Trinajstić information content (AvgIpc) is 2.46. The lowest BCUT2D eigenvalue weighted by Gasteiger charge is -2.02.